The van der Waals surface area contributed by atoms with Gasteiger partial charge in [0.15, 0.2) is 0 Å². The van der Waals surface area contributed by atoms with Gasteiger partial charge >= 0.3 is 23.1 Å². The van der Waals surface area contributed by atoms with Crippen LogP contribution in [0.4, 0.5) is 0 Å². The van der Waals surface area contributed by atoms with E-state index in [0.717, 1.165) is 12.8 Å². The van der Waals surface area contributed by atoms with Gasteiger partial charge in [-0.05, 0) is 35.0 Å². The van der Waals surface area contributed by atoms with Crippen molar-refractivity contribution >= 4 is 44.9 Å². The van der Waals surface area contributed by atoms with E-state index in [0.29, 0.717) is 0 Å². The minimum Gasteiger partial charge on any atom is -1.00 e. The second-order valence-corrected chi connectivity index (χ2v) is 5.75. The van der Waals surface area contributed by atoms with Crippen LogP contribution in [0, 0.1) is 0 Å². The molecule has 124 valence electrons. The summed E-state index contributed by atoms with van der Waals surface area (Å²) in [5, 5.41) is 2.55. The number of H-pyrrole nitrogens is 2. The maximum Gasteiger partial charge on any atom is 2.00 e. The van der Waals surface area contributed by atoms with Gasteiger partial charge in [0.2, 0.25) is 0 Å². The zero-order valence-corrected chi connectivity index (χ0v) is 15.9. The van der Waals surface area contributed by atoms with Gasteiger partial charge in [-0.15, -0.1) is 13.2 Å². The molecule has 0 fully saturated rings. The Morgan fingerprint density at radius 1 is 0.720 bits per heavy atom. The molecule has 0 saturated heterocycles. The molecule has 2 aromatic heterocycles. The van der Waals surface area contributed by atoms with Crippen LogP contribution in [0.1, 0.15) is 14.2 Å². The quantitative estimate of drug-likeness (QED) is 0.356. The largest absolute Gasteiger partial charge is 2.00 e. The van der Waals surface area contributed by atoms with Gasteiger partial charge in [-0.25, -0.2) is 0 Å². The predicted molar refractivity (Wildman–Crippen MR) is 112 cm³/mol. The molecule has 4 aromatic rings. The summed E-state index contributed by atoms with van der Waals surface area (Å²) in [6, 6.07) is 20.9. The Hall–Kier alpha value is -2.23. The summed E-state index contributed by atoms with van der Waals surface area (Å²) >= 11 is 0. The topological polar surface area (TPSA) is 31.6 Å². The van der Waals surface area contributed by atoms with Crippen molar-refractivity contribution in [1.29, 1.82) is 0 Å². The van der Waals surface area contributed by atoms with Crippen LogP contribution in [0.25, 0.3) is 21.8 Å². The van der Waals surface area contributed by atoms with Crippen LogP contribution in [-0.4, -0.2) is 33.0 Å². The number of allylic oxidation sites excluding steroid dienone is 2. The van der Waals surface area contributed by atoms with Crippen LogP contribution < -0.4 is 0 Å². The number of nitrogens with one attached hydrogen (secondary N) is 2. The van der Waals surface area contributed by atoms with E-state index in [1.807, 2.05) is 36.4 Å². The molecule has 0 amide bonds. The van der Waals surface area contributed by atoms with Crippen molar-refractivity contribution in [2.24, 2.45) is 0 Å². The number of hydrogen-bond acceptors (Lipinski definition) is 0. The van der Waals surface area contributed by atoms with E-state index in [1.54, 1.807) is 0 Å². The summed E-state index contributed by atoms with van der Waals surface area (Å²) in [5.41, 5.74) is 4.86. The van der Waals surface area contributed by atoms with Gasteiger partial charge in [0.25, 0.3) is 0 Å². The summed E-state index contributed by atoms with van der Waals surface area (Å²) < 4.78 is 0. The predicted octanol–water partition coefficient (Wildman–Crippen LogP) is 5.64. The SMILES string of the molecule is C=CCc1cc2ccccc2[nH]1.C=CCc1cc2ccccc2[nH]1.[H-].[H-].[Mg+2]. The van der Waals surface area contributed by atoms with Crippen molar-refractivity contribution in [2.45, 2.75) is 12.8 Å². The first-order valence-electron chi connectivity index (χ1n) is 8.15. The van der Waals surface area contributed by atoms with Crippen LogP contribution in [0.2, 0.25) is 0 Å². The first-order valence-corrected chi connectivity index (χ1v) is 8.15. The van der Waals surface area contributed by atoms with Crippen molar-refractivity contribution in [1.82, 2.24) is 9.97 Å². The summed E-state index contributed by atoms with van der Waals surface area (Å²) in [4.78, 5) is 6.65. The van der Waals surface area contributed by atoms with Gasteiger partial charge < -0.3 is 12.8 Å². The Balaban J connectivity index is 0.000000451. The molecule has 0 spiro atoms. The summed E-state index contributed by atoms with van der Waals surface area (Å²) in [6.07, 6.45) is 5.64. The average molecular weight is 341 g/mol. The molecular formula is C22H24MgN2. The second-order valence-electron chi connectivity index (χ2n) is 5.75. The van der Waals surface area contributed by atoms with Crippen molar-refractivity contribution in [3.8, 4) is 0 Å². The molecule has 0 aliphatic carbocycles. The Morgan fingerprint density at radius 3 is 1.48 bits per heavy atom. The van der Waals surface area contributed by atoms with E-state index >= 15 is 0 Å². The average Bonchev–Trinajstić information content (AvgIpc) is 3.18. The van der Waals surface area contributed by atoms with E-state index in [1.165, 1.54) is 33.2 Å². The van der Waals surface area contributed by atoms with E-state index in [-0.39, 0.29) is 25.9 Å². The maximum atomic E-state index is 3.71. The molecule has 0 radical (unpaired) electrons. The molecule has 0 aliphatic rings. The van der Waals surface area contributed by atoms with E-state index in [4.69, 9.17) is 0 Å². The zero-order chi connectivity index (χ0) is 16.8. The van der Waals surface area contributed by atoms with Crippen LogP contribution in [0.3, 0.4) is 0 Å². The van der Waals surface area contributed by atoms with Gasteiger partial charge in [-0.2, -0.15) is 0 Å². The molecule has 2 nitrogen and oxygen atoms in total. The molecule has 0 aliphatic heterocycles. The third kappa shape index (κ3) is 4.88. The van der Waals surface area contributed by atoms with Crippen molar-refractivity contribution in [3.05, 3.63) is 97.4 Å². The standard InChI is InChI=1S/2C11H11N.Mg.2H/c2*1-2-5-10-8-9-6-3-4-7-11(9)12-10;;;/h2*2-4,6-8,12H,1,5H2;;;/q;;+2;2*-1. The summed E-state index contributed by atoms with van der Waals surface area (Å²) in [6.45, 7) is 7.41. The van der Waals surface area contributed by atoms with Crippen molar-refractivity contribution in [2.75, 3.05) is 0 Å². The molecule has 0 bridgehead atoms. The van der Waals surface area contributed by atoms with E-state index in [9.17, 15) is 0 Å². The van der Waals surface area contributed by atoms with Crippen molar-refractivity contribution in [3.63, 3.8) is 0 Å². The molecule has 4 rings (SSSR count). The number of benzene rings is 2. The normalized spacial score (nSPS) is 9.92. The molecular weight excluding hydrogens is 317 g/mol. The Morgan fingerprint density at radius 2 is 1.12 bits per heavy atom. The molecule has 0 saturated carbocycles. The Kier molecular flexibility index (Phi) is 7.11. The smallest absolute Gasteiger partial charge is 1.00 e. The fraction of sp³-hybridized carbons (Fsp3) is 0.0909. The minimum atomic E-state index is 0. The fourth-order valence-corrected chi connectivity index (χ4v) is 2.80. The first-order chi connectivity index (χ1) is 11.8. The molecule has 0 atom stereocenters. The maximum absolute atomic E-state index is 3.71. The third-order valence-corrected chi connectivity index (χ3v) is 3.90. The number of fused-ring (bicyclic) bond motifs is 2. The number of aromatic amines is 2. The number of para-hydroxylation sites is 2. The van der Waals surface area contributed by atoms with Crippen LogP contribution in [0.15, 0.2) is 86.0 Å². The third-order valence-electron chi connectivity index (χ3n) is 3.90. The van der Waals surface area contributed by atoms with Crippen LogP contribution in [-0.2, 0) is 12.8 Å². The van der Waals surface area contributed by atoms with E-state index in [2.05, 4.69) is 59.5 Å². The Labute approximate surface area is 167 Å². The molecule has 2 aromatic carbocycles. The summed E-state index contributed by atoms with van der Waals surface area (Å²) in [5.74, 6) is 0. The van der Waals surface area contributed by atoms with Gasteiger partial charge in [0, 0.05) is 35.3 Å². The minimum absolute atomic E-state index is 0. The van der Waals surface area contributed by atoms with Gasteiger partial charge in [0.1, 0.15) is 0 Å². The van der Waals surface area contributed by atoms with Gasteiger partial charge in [-0.1, -0.05) is 48.6 Å². The number of aromatic nitrogens is 2. The number of rotatable bonds is 4. The summed E-state index contributed by atoms with van der Waals surface area (Å²) in [7, 11) is 0. The zero-order valence-electron chi connectivity index (χ0n) is 16.5. The molecule has 0 unspecified atom stereocenters. The van der Waals surface area contributed by atoms with Gasteiger partial charge in [-0.3, -0.25) is 0 Å². The van der Waals surface area contributed by atoms with Gasteiger partial charge in [0.05, 0.1) is 0 Å². The molecule has 3 heteroatoms. The Bertz CT molecular complexity index is 826. The molecule has 2 N–H and O–H groups in total. The van der Waals surface area contributed by atoms with Crippen molar-refractivity contribution < 1.29 is 2.85 Å². The van der Waals surface area contributed by atoms with E-state index < -0.39 is 0 Å². The second kappa shape index (κ2) is 9.30. The molecule has 2 heterocycles. The fourth-order valence-electron chi connectivity index (χ4n) is 2.80. The van der Waals surface area contributed by atoms with Crippen LogP contribution >= 0.6 is 0 Å². The van der Waals surface area contributed by atoms with Crippen LogP contribution in [0.5, 0.6) is 0 Å². The first kappa shape index (κ1) is 19.1. The monoisotopic (exact) mass is 340 g/mol. The number of hydrogen-bond donors (Lipinski definition) is 2. The molecule has 25 heavy (non-hydrogen) atoms.